The maximum Gasteiger partial charge on any atom is 0.145 e. The van der Waals surface area contributed by atoms with E-state index >= 15 is 0 Å². The zero-order valence-corrected chi connectivity index (χ0v) is 10.6. The van der Waals surface area contributed by atoms with Gasteiger partial charge in [-0.05, 0) is 37.2 Å². The molecule has 0 aliphatic carbocycles. The highest BCUT2D eigenvalue weighted by Gasteiger charge is 2.03. The van der Waals surface area contributed by atoms with Gasteiger partial charge in [0.2, 0.25) is 0 Å². The number of hydrogen-bond acceptors (Lipinski definition) is 1. The fraction of sp³-hybridized carbons (Fsp3) is 0.786. The van der Waals surface area contributed by atoms with Crippen molar-refractivity contribution >= 4 is 6.29 Å². The average Bonchev–Trinajstić information content (AvgIpc) is 2.26. The minimum Gasteiger partial charge on any atom is -0.298 e. The Labute approximate surface area is 95.0 Å². The van der Waals surface area contributed by atoms with E-state index < -0.39 is 0 Å². The summed E-state index contributed by atoms with van der Waals surface area (Å²) in [5.41, 5.74) is 1.02. The summed E-state index contributed by atoms with van der Waals surface area (Å²) in [6, 6.07) is 0. The fourth-order valence-corrected chi connectivity index (χ4v) is 1.84. The molecule has 1 heteroatoms. The Morgan fingerprint density at radius 2 is 1.87 bits per heavy atom. The summed E-state index contributed by atoms with van der Waals surface area (Å²) >= 11 is 0. The summed E-state index contributed by atoms with van der Waals surface area (Å²) in [5, 5.41) is 0. The molecular weight excluding hydrogens is 184 g/mol. The summed E-state index contributed by atoms with van der Waals surface area (Å²) in [7, 11) is 0. The van der Waals surface area contributed by atoms with Gasteiger partial charge < -0.3 is 0 Å². The molecule has 1 unspecified atom stereocenters. The molecule has 0 aromatic heterocycles. The van der Waals surface area contributed by atoms with Gasteiger partial charge in [-0.15, -0.1) is 0 Å². The summed E-state index contributed by atoms with van der Waals surface area (Å²) in [5.74, 6) is 0.608. The molecule has 0 rings (SSSR count). The standard InChI is InChI=1S/C14H26O/c1-4-7-8-10-14(12-15)11-13(6-3)9-5-2/h11-13H,4-10H2,1-3H3. The zero-order chi connectivity index (χ0) is 11.5. The van der Waals surface area contributed by atoms with Crippen molar-refractivity contribution in [3.63, 3.8) is 0 Å². The zero-order valence-electron chi connectivity index (χ0n) is 10.6. The Morgan fingerprint density at radius 1 is 1.13 bits per heavy atom. The van der Waals surface area contributed by atoms with Crippen molar-refractivity contribution in [2.45, 2.75) is 65.7 Å². The Kier molecular flexibility index (Phi) is 9.55. The van der Waals surface area contributed by atoms with E-state index in [0.29, 0.717) is 5.92 Å². The van der Waals surface area contributed by atoms with Crippen LogP contribution in [0, 0.1) is 5.92 Å². The maximum absolute atomic E-state index is 10.9. The summed E-state index contributed by atoms with van der Waals surface area (Å²) in [4.78, 5) is 10.9. The largest absolute Gasteiger partial charge is 0.298 e. The van der Waals surface area contributed by atoms with Gasteiger partial charge in [-0.2, -0.15) is 0 Å². The second-order valence-electron chi connectivity index (χ2n) is 4.27. The molecule has 0 aliphatic rings. The van der Waals surface area contributed by atoms with Crippen LogP contribution < -0.4 is 0 Å². The molecule has 0 fully saturated rings. The molecule has 1 atom stereocenters. The molecule has 0 aromatic rings. The van der Waals surface area contributed by atoms with Crippen molar-refractivity contribution < 1.29 is 4.79 Å². The molecule has 0 radical (unpaired) electrons. The van der Waals surface area contributed by atoms with Crippen LogP contribution in [0.15, 0.2) is 11.6 Å². The minimum absolute atomic E-state index is 0.608. The van der Waals surface area contributed by atoms with Gasteiger partial charge in [0, 0.05) is 0 Å². The van der Waals surface area contributed by atoms with E-state index in [1.165, 1.54) is 25.7 Å². The van der Waals surface area contributed by atoms with Crippen LogP contribution in [-0.2, 0) is 4.79 Å². The third-order valence-corrected chi connectivity index (χ3v) is 2.85. The van der Waals surface area contributed by atoms with E-state index in [9.17, 15) is 4.79 Å². The van der Waals surface area contributed by atoms with Crippen LogP contribution in [-0.4, -0.2) is 6.29 Å². The third kappa shape index (κ3) is 7.35. The first-order valence-electron chi connectivity index (χ1n) is 6.44. The second kappa shape index (κ2) is 9.95. The maximum atomic E-state index is 10.9. The van der Waals surface area contributed by atoms with E-state index in [1.54, 1.807) is 0 Å². The lowest BCUT2D eigenvalue weighted by Crippen LogP contribution is -1.97. The monoisotopic (exact) mass is 210 g/mol. The molecule has 0 saturated carbocycles. The Bertz CT molecular complexity index is 182. The normalized spacial score (nSPS) is 13.9. The minimum atomic E-state index is 0.608. The molecule has 15 heavy (non-hydrogen) atoms. The molecule has 88 valence electrons. The number of allylic oxidation sites excluding steroid dienone is 2. The smallest absolute Gasteiger partial charge is 0.145 e. The molecule has 0 spiro atoms. The van der Waals surface area contributed by atoms with Gasteiger partial charge in [0.05, 0.1) is 0 Å². The Morgan fingerprint density at radius 3 is 2.33 bits per heavy atom. The quantitative estimate of drug-likeness (QED) is 0.311. The number of aldehydes is 1. The van der Waals surface area contributed by atoms with Crippen molar-refractivity contribution in [1.29, 1.82) is 0 Å². The number of rotatable bonds is 9. The summed E-state index contributed by atoms with van der Waals surface area (Å²) in [6.07, 6.45) is 11.4. The van der Waals surface area contributed by atoms with Crippen LogP contribution in [0.25, 0.3) is 0 Å². The van der Waals surface area contributed by atoms with Gasteiger partial charge in [-0.25, -0.2) is 0 Å². The molecule has 0 saturated heterocycles. The topological polar surface area (TPSA) is 17.1 Å². The highest BCUT2D eigenvalue weighted by atomic mass is 16.1. The molecule has 0 bridgehead atoms. The van der Waals surface area contributed by atoms with Gasteiger partial charge in [-0.3, -0.25) is 4.79 Å². The van der Waals surface area contributed by atoms with Gasteiger partial charge in [-0.1, -0.05) is 46.1 Å². The predicted octanol–water partition coefficient (Wildman–Crippen LogP) is 4.52. The van der Waals surface area contributed by atoms with E-state index in [-0.39, 0.29) is 0 Å². The highest BCUT2D eigenvalue weighted by molar-refractivity contribution is 5.73. The van der Waals surface area contributed by atoms with Crippen LogP contribution >= 0.6 is 0 Å². The number of unbranched alkanes of at least 4 members (excludes halogenated alkanes) is 2. The van der Waals surface area contributed by atoms with Crippen molar-refractivity contribution in [3.05, 3.63) is 11.6 Å². The first kappa shape index (κ1) is 14.4. The average molecular weight is 210 g/mol. The first-order valence-corrected chi connectivity index (χ1v) is 6.44. The summed E-state index contributed by atoms with van der Waals surface area (Å²) in [6.45, 7) is 6.59. The molecule has 1 nitrogen and oxygen atoms in total. The molecular formula is C14H26O. The molecule has 0 amide bonds. The second-order valence-corrected chi connectivity index (χ2v) is 4.27. The molecule has 0 aliphatic heterocycles. The van der Waals surface area contributed by atoms with Crippen LogP contribution in [0.4, 0.5) is 0 Å². The SMILES string of the molecule is CCCCCC(C=O)=CC(CC)CCC. The lowest BCUT2D eigenvalue weighted by Gasteiger charge is -2.09. The van der Waals surface area contributed by atoms with E-state index in [4.69, 9.17) is 0 Å². The lowest BCUT2D eigenvalue weighted by atomic mass is 9.96. The molecule has 0 N–H and O–H groups in total. The van der Waals surface area contributed by atoms with E-state index in [1.807, 2.05) is 0 Å². The first-order chi connectivity index (χ1) is 7.28. The molecule has 0 heterocycles. The number of carbonyl (C=O) groups excluding carboxylic acids is 1. The summed E-state index contributed by atoms with van der Waals surface area (Å²) < 4.78 is 0. The number of carbonyl (C=O) groups is 1. The lowest BCUT2D eigenvalue weighted by molar-refractivity contribution is -0.105. The van der Waals surface area contributed by atoms with Crippen molar-refractivity contribution in [3.8, 4) is 0 Å². The fourth-order valence-electron chi connectivity index (χ4n) is 1.84. The Balaban J connectivity index is 4.09. The van der Waals surface area contributed by atoms with Crippen LogP contribution in [0.5, 0.6) is 0 Å². The van der Waals surface area contributed by atoms with Crippen molar-refractivity contribution in [2.75, 3.05) is 0 Å². The van der Waals surface area contributed by atoms with Gasteiger partial charge in [0.1, 0.15) is 6.29 Å². The predicted molar refractivity (Wildman–Crippen MR) is 67.0 cm³/mol. The van der Waals surface area contributed by atoms with Crippen molar-refractivity contribution in [2.24, 2.45) is 5.92 Å². The third-order valence-electron chi connectivity index (χ3n) is 2.85. The van der Waals surface area contributed by atoms with Crippen LogP contribution in [0.1, 0.15) is 65.7 Å². The van der Waals surface area contributed by atoms with E-state index in [2.05, 4.69) is 26.8 Å². The number of hydrogen-bond donors (Lipinski definition) is 0. The van der Waals surface area contributed by atoms with E-state index in [0.717, 1.165) is 31.1 Å². The van der Waals surface area contributed by atoms with Gasteiger partial charge in [0.25, 0.3) is 0 Å². The Hall–Kier alpha value is -0.590. The highest BCUT2D eigenvalue weighted by Crippen LogP contribution is 2.16. The van der Waals surface area contributed by atoms with Gasteiger partial charge >= 0.3 is 0 Å². The van der Waals surface area contributed by atoms with Crippen LogP contribution in [0.2, 0.25) is 0 Å². The molecule has 0 aromatic carbocycles. The van der Waals surface area contributed by atoms with Crippen molar-refractivity contribution in [1.82, 2.24) is 0 Å². The van der Waals surface area contributed by atoms with Gasteiger partial charge in [0.15, 0.2) is 0 Å². The van der Waals surface area contributed by atoms with Crippen LogP contribution in [0.3, 0.4) is 0 Å².